The van der Waals surface area contributed by atoms with Gasteiger partial charge in [-0.05, 0) is 43.9 Å². The minimum Gasteiger partial charge on any atom is -0.453 e. The van der Waals surface area contributed by atoms with E-state index in [2.05, 4.69) is 5.32 Å². The zero-order chi connectivity index (χ0) is 16.8. The molecule has 0 aliphatic carbocycles. The second-order valence-corrected chi connectivity index (χ2v) is 5.44. The van der Waals surface area contributed by atoms with Gasteiger partial charge in [0.2, 0.25) is 0 Å². The van der Waals surface area contributed by atoms with Gasteiger partial charge in [0.1, 0.15) is 18.2 Å². The largest absolute Gasteiger partial charge is 0.453 e. The van der Waals surface area contributed by atoms with E-state index < -0.39 is 0 Å². The standard InChI is InChI=1S/C17H21FN2O3/c1-20(2)15(12-5-4-6-13(18)9-12)10-19-17(21)16-8-7-14(23-16)11-22-3/h4-9,15H,10-11H2,1-3H3,(H,19,21). The number of amides is 1. The van der Waals surface area contributed by atoms with Crippen molar-refractivity contribution in [1.82, 2.24) is 10.2 Å². The van der Waals surface area contributed by atoms with Gasteiger partial charge in [0.25, 0.3) is 5.91 Å². The first-order valence-electron chi connectivity index (χ1n) is 7.29. The topological polar surface area (TPSA) is 54.7 Å². The van der Waals surface area contributed by atoms with Crippen LogP contribution >= 0.6 is 0 Å². The average molecular weight is 320 g/mol. The first kappa shape index (κ1) is 17.2. The van der Waals surface area contributed by atoms with E-state index in [4.69, 9.17) is 9.15 Å². The van der Waals surface area contributed by atoms with E-state index in [1.807, 2.05) is 25.1 Å². The lowest BCUT2D eigenvalue weighted by Crippen LogP contribution is -2.34. The highest BCUT2D eigenvalue weighted by molar-refractivity contribution is 5.91. The number of carbonyl (C=O) groups is 1. The SMILES string of the molecule is COCc1ccc(C(=O)NCC(c2cccc(F)c2)N(C)C)o1. The molecule has 23 heavy (non-hydrogen) atoms. The number of nitrogens with zero attached hydrogens (tertiary/aromatic N) is 1. The van der Waals surface area contributed by atoms with E-state index in [0.29, 0.717) is 18.9 Å². The predicted octanol–water partition coefficient (Wildman–Crippen LogP) is 2.60. The van der Waals surface area contributed by atoms with Crippen LogP contribution in [0.15, 0.2) is 40.8 Å². The molecule has 1 amide bonds. The number of hydrogen-bond donors (Lipinski definition) is 1. The molecule has 0 radical (unpaired) electrons. The van der Waals surface area contributed by atoms with Gasteiger partial charge in [-0.25, -0.2) is 4.39 Å². The molecule has 1 N–H and O–H groups in total. The van der Waals surface area contributed by atoms with Crippen LogP contribution in [0.25, 0.3) is 0 Å². The molecule has 0 spiro atoms. The Morgan fingerprint density at radius 1 is 1.35 bits per heavy atom. The summed E-state index contributed by atoms with van der Waals surface area (Å²) in [4.78, 5) is 14.1. The monoisotopic (exact) mass is 320 g/mol. The Kier molecular flexibility index (Phi) is 5.90. The zero-order valence-corrected chi connectivity index (χ0v) is 13.5. The second-order valence-electron chi connectivity index (χ2n) is 5.44. The van der Waals surface area contributed by atoms with Crippen molar-refractivity contribution in [1.29, 1.82) is 0 Å². The molecule has 1 unspecified atom stereocenters. The van der Waals surface area contributed by atoms with E-state index in [-0.39, 0.29) is 23.5 Å². The maximum atomic E-state index is 13.4. The molecule has 124 valence electrons. The van der Waals surface area contributed by atoms with Gasteiger partial charge in [-0.15, -0.1) is 0 Å². The molecule has 1 atom stereocenters. The van der Waals surface area contributed by atoms with Crippen molar-refractivity contribution in [3.8, 4) is 0 Å². The minimum absolute atomic E-state index is 0.136. The van der Waals surface area contributed by atoms with Gasteiger partial charge < -0.3 is 19.4 Å². The molecule has 2 aromatic rings. The van der Waals surface area contributed by atoms with Crippen molar-refractivity contribution in [2.45, 2.75) is 12.6 Å². The van der Waals surface area contributed by atoms with Crippen LogP contribution < -0.4 is 5.32 Å². The molecule has 6 heteroatoms. The van der Waals surface area contributed by atoms with Crippen molar-refractivity contribution in [3.63, 3.8) is 0 Å². The molecule has 0 aliphatic heterocycles. The minimum atomic E-state index is -0.310. The average Bonchev–Trinajstić information content (AvgIpc) is 2.96. The summed E-state index contributed by atoms with van der Waals surface area (Å²) in [5.74, 6) is 0.215. The number of rotatable bonds is 7. The summed E-state index contributed by atoms with van der Waals surface area (Å²) in [5, 5.41) is 2.82. The molecule has 0 bridgehead atoms. The number of methoxy groups -OCH3 is 1. The molecule has 2 rings (SSSR count). The Morgan fingerprint density at radius 2 is 2.13 bits per heavy atom. The first-order valence-corrected chi connectivity index (χ1v) is 7.29. The van der Waals surface area contributed by atoms with Crippen LogP contribution in [0.3, 0.4) is 0 Å². The van der Waals surface area contributed by atoms with Crippen LogP contribution in [-0.2, 0) is 11.3 Å². The van der Waals surface area contributed by atoms with Crippen molar-refractivity contribution >= 4 is 5.91 Å². The lowest BCUT2D eigenvalue weighted by Gasteiger charge is -2.25. The smallest absolute Gasteiger partial charge is 0.287 e. The van der Waals surface area contributed by atoms with Gasteiger partial charge in [-0.3, -0.25) is 4.79 Å². The summed E-state index contributed by atoms with van der Waals surface area (Å²) in [7, 11) is 5.32. The number of nitrogens with one attached hydrogen (secondary N) is 1. The molecule has 0 aliphatic rings. The number of hydrogen-bond acceptors (Lipinski definition) is 4. The van der Waals surface area contributed by atoms with Gasteiger partial charge in [0.15, 0.2) is 5.76 Å². The summed E-state index contributed by atoms with van der Waals surface area (Å²) < 4.78 is 23.7. The third-order valence-corrected chi connectivity index (χ3v) is 3.48. The molecule has 1 heterocycles. The zero-order valence-electron chi connectivity index (χ0n) is 13.5. The fourth-order valence-electron chi connectivity index (χ4n) is 2.31. The summed E-state index contributed by atoms with van der Waals surface area (Å²) in [6.45, 7) is 0.659. The van der Waals surface area contributed by atoms with Gasteiger partial charge >= 0.3 is 0 Å². The Bertz CT molecular complexity index is 655. The van der Waals surface area contributed by atoms with Gasteiger partial charge in [-0.2, -0.15) is 0 Å². The van der Waals surface area contributed by atoms with Gasteiger partial charge in [0, 0.05) is 13.7 Å². The Balaban J connectivity index is 2.02. The highest BCUT2D eigenvalue weighted by Crippen LogP contribution is 2.18. The number of furan rings is 1. The van der Waals surface area contributed by atoms with Crippen LogP contribution in [0.2, 0.25) is 0 Å². The maximum absolute atomic E-state index is 13.4. The Labute approximate surface area is 135 Å². The van der Waals surface area contributed by atoms with Crippen molar-refractivity contribution in [2.75, 3.05) is 27.7 Å². The molecule has 0 saturated carbocycles. The van der Waals surface area contributed by atoms with Crippen LogP contribution in [0.4, 0.5) is 4.39 Å². The van der Waals surface area contributed by atoms with Gasteiger partial charge in [-0.1, -0.05) is 12.1 Å². The van der Waals surface area contributed by atoms with Crippen molar-refractivity contribution in [2.24, 2.45) is 0 Å². The third-order valence-electron chi connectivity index (χ3n) is 3.48. The highest BCUT2D eigenvalue weighted by Gasteiger charge is 2.18. The number of likely N-dealkylation sites (N-methyl/N-ethyl adjacent to an activating group) is 1. The number of benzene rings is 1. The Morgan fingerprint density at radius 3 is 2.78 bits per heavy atom. The molecule has 1 aromatic carbocycles. The number of ether oxygens (including phenoxy) is 1. The predicted molar refractivity (Wildman–Crippen MR) is 84.6 cm³/mol. The molecule has 5 nitrogen and oxygen atoms in total. The van der Waals surface area contributed by atoms with E-state index in [9.17, 15) is 9.18 Å². The van der Waals surface area contributed by atoms with E-state index in [1.54, 1.807) is 25.3 Å². The van der Waals surface area contributed by atoms with E-state index >= 15 is 0 Å². The fourth-order valence-corrected chi connectivity index (χ4v) is 2.31. The van der Waals surface area contributed by atoms with E-state index in [0.717, 1.165) is 5.56 Å². The van der Waals surface area contributed by atoms with Crippen LogP contribution in [-0.4, -0.2) is 38.6 Å². The summed E-state index contributed by atoms with van der Waals surface area (Å²) >= 11 is 0. The molecule has 0 saturated heterocycles. The van der Waals surface area contributed by atoms with E-state index in [1.165, 1.54) is 12.1 Å². The normalized spacial score (nSPS) is 12.4. The second kappa shape index (κ2) is 7.89. The third kappa shape index (κ3) is 4.64. The Hall–Kier alpha value is -2.18. The first-order chi connectivity index (χ1) is 11.0. The maximum Gasteiger partial charge on any atom is 0.287 e. The molecular weight excluding hydrogens is 299 g/mol. The quantitative estimate of drug-likeness (QED) is 0.852. The lowest BCUT2D eigenvalue weighted by atomic mass is 10.1. The van der Waals surface area contributed by atoms with Crippen molar-refractivity contribution < 1.29 is 18.3 Å². The molecular formula is C17H21FN2O3. The van der Waals surface area contributed by atoms with Crippen molar-refractivity contribution in [3.05, 3.63) is 59.3 Å². The summed E-state index contributed by atoms with van der Waals surface area (Å²) in [5.41, 5.74) is 0.801. The van der Waals surface area contributed by atoms with Crippen LogP contribution in [0.5, 0.6) is 0 Å². The molecule has 0 fully saturated rings. The van der Waals surface area contributed by atoms with Crippen LogP contribution in [0, 0.1) is 5.82 Å². The number of carbonyl (C=O) groups excluding carboxylic acids is 1. The summed E-state index contributed by atoms with van der Waals surface area (Å²) in [6.07, 6.45) is 0. The highest BCUT2D eigenvalue weighted by atomic mass is 19.1. The van der Waals surface area contributed by atoms with Crippen LogP contribution in [0.1, 0.15) is 27.9 Å². The fraction of sp³-hybridized carbons (Fsp3) is 0.353. The molecule has 1 aromatic heterocycles. The van der Waals surface area contributed by atoms with Gasteiger partial charge in [0.05, 0.1) is 6.04 Å². The number of halogens is 1. The summed E-state index contributed by atoms with van der Waals surface area (Å²) in [6, 6.07) is 9.54. The lowest BCUT2D eigenvalue weighted by molar-refractivity contribution is 0.0905.